The summed E-state index contributed by atoms with van der Waals surface area (Å²) in [5.74, 6) is 0. The Balaban J connectivity index is 1.96. The Labute approximate surface area is 135 Å². The molecular formula is C19H8ClNO2. The van der Waals surface area contributed by atoms with E-state index in [0.29, 0.717) is 21.8 Å². The van der Waals surface area contributed by atoms with Crippen LogP contribution in [0.25, 0.3) is 43.9 Å². The van der Waals surface area contributed by atoms with Gasteiger partial charge in [-0.1, -0.05) is 23.7 Å². The molecule has 4 heteroatoms. The molecule has 2 heterocycles. The maximum atomic E-state index is 9.02. The molecule has 5 rings (SSSR count). The molecule has 0 fully saturated rings. The van der Waals surface area contributed by atoms with Crippen molar-refractivity contribution in [1.29, 1.82) is 5.26 Å². The van der Waals surface area contributed by atoms with Gasteiger partial charge in [0.05, 0.1) is 16.7 Å². The Morgan fingerprint density at radius 1 is 0.783 bits per heavy atom. The van der Waals surface area contributed by atoms with Gasteiger partial charge >= 0.3 is 0 Å². The van der Waals surface area contributed by atoms with Crippen LogP contribution in [-0.2, 0) is 0 Å². The highest BCUT2D eigenvalue weighted by atomic mass is 35.5. The highest BCUT2D eigenvalue weighted by Gasteiger charge is 2.14. The highest BCUT2D eigenvalue weighted by Crippen LogP contribution is 2.38. The number of nitrogens with zero attached hydrogens (tertiary/aromatic N) is 1. The van der Waals surface area contributed by atoms with E-state index in [4.69, 9.17) is 25.7 Å². The minimum absolute atomic E-state index is 0.581. The van der Waals surface area contributed by atoms with Crippen LogP contribution in [0.5, 0.6) is 0 Å². The van der Waals surface area contributed by atoms with Crippen LogP contribution >= 0.6 is 11.6 Å². The van der Waals surface area contributed by atoms with Crippen LogP contribution in [0.2, 0.25) is 5.02 Å². The molecule has 0 unspecified atom stereocenters. The number of hydrogen-bond acceptors (Lipinski definition) is 3. The van der Waals surface area contributed by atoms with Gasteiger partial charge in [0.15, 0.2) is 5.58 Å². The molecule has 3 aromatic carbocycles. The first-order valence-electron chi connectivity index (χ1n) is 7.12. The summed E-state index contributed by atoms with van der Waals surface area (Å²) in [5, 5.41) is 13.5. The minimum atomic E-state index is 0.581. The van der Waals surface area contributed by atoms with Crippen molar-refractivity contribution in [3.8, 4) is 6.07 Å². The van der Waals surface area contributed by atoms with E-state index >= 15 is 0 Å². The molecule has 0 N–H and O–H groups in total. The SMILES string of the molecule is N#Cc1ccc2c(c1)oc1cc3c(cc12)oc1c(Cl)cccc13. The fourth-order valence-corrected chi connectivity index (χ4v) is 3.31. The van der Waals surface area contributed by atoms with E-state index in [1.807, 2.05) is 36.4 Å². The zero-order chi connectivity index (χ0) is 15.6. The molecule has 5 aromatic rings. The predicted molar refractivity (Wildman–Crippen MR) is 90.7 cm³/mol. The minimum Gasteiger partial charge on any atom is -0.456 e. The number of hydrogen-bond donors (Lipinski definition) is 0. The monoisotopic (exact) mass is 317 g/mol. The zero-order valence-corrected chi connectivity index (χ0v) is 12.5. The van der Waals surface area contributed by atoms with Crippen LogP contribution in [0.3, 0.4) is 0 Å². The van der Waals surface area contributed by atoms with Gasteiger partial charge in [0.2, 0.25) is 0 Å². The molecule has 0 aliphatic heterocycles. The Bertz CT molecular complexity index is 1290. The van der Waals surface area contributed by atoms with Gasteiger partial charge in [-0.25, -0.2) is 0 Å². The number of benzene rings is 3. The second-order valence-corrected chi connectivity index (χ2v) is 5.90. The first kappa shape index (κ1) is 12.6. The van der Waals surface area contributed by atoms with Gasteiger partial charge in [-0.2, -0.15) is 5.26 Å². The third-order valence-electron chi connectivity index (χ3n) is 4.17. The zero-order valence-electron chi connectivity index (χ0n) is 11.8. The van der Waals surface area contributed by atoms with E-state index in [1.165, 1.54) is 0 Å². The molecule has 0 aliphatic carbocycles. The molecule has 0 aliphatic rings. The van der Waals surface area contributed by atoms with Gasteiger partial charge < -0.3 is 8.83 Å². The fourth-order valence-electron chi connectivity index (χ4n) is 3.10. The van der Waals surface area contributed by atoms with Crippen LogP contribution in [0, 0.1) is 11.3 Å². The lowest BCUT2D eigenvalue weighted by Gasteiger charge is -1.91. The number of furan rings is 2. The molecule has 0 radical (unpaired) electrons. The smallest absolute Gasteiger partial charge is 0.153 e. The normalized spacial score (nSPS) is 11.7. The maximum absolute atomic E-state index is 9.02. The second-order valence-electron chi connectivity index (χ2n) is 5.49. The lowest BCUT2D eigenvalue weighted by molar-refractivity contribution is 0.664. The van der Waals surface area contributed by atoms with E-state index in [9.17, 15) is 0 Å². The third-order valence-corrected chi connectivity index (χ3v) is 4.47. The Hall–Kier alpha value is -2.96. The summed E-state index contributed by atoms with van der Waals surface area (Å²) in [6.45, 7) is 0. The van der Waals surface area contributed by atoms with Crippen LogP contribution in [0.1, 0.15) is 5.56 Å². The largest absolute Gasteiger partial charge is 0.456 e. The van der Waals surface area contributed by atoms with Crippen molar-refractivity contribution >= 4 is 55.5 Å². The van der Waals surface area contributed by atoms with Crippen LogP contribution in [0.4, 0.5) is 0 Å². The number of nitriles is 1. The van der Waals surface area contributed by atoms with Crippen molar-refractivity contribution < 1.29 is 8.83 Å². The summed E-state index contributed by atoms with van der Waals surface area (Å²) in [7, 11) is 0. The number of halogens is 1. The highest BCUT2D eigenvalue weighted by molar-refractivity contribution is 6.36. The molecule has 108 valence electrons. The second kappa shape index (κ2) is 4.28. The summed E-state index contributed by atoms with van der Waals surface area (Å²) < 4.78 is 11.9. The molecule has 23 heavy (non-hydrogen) atoms. The Morgan fingerprint density at radius 2 is 1.52 bits per heavy atom. The van der Waals surface area contributed by atoms with Gasteiger partial charge in [0, 0.05) is 21.5 Å². The van der Waals surface area contributed by atoms with Crippen molar-refractivity contribution in [2.24, 2.45) is 0 Å². The Kier molecular flexibility index (Phi) is 2.34. The molecule has 0 amide bonds. The summed E-state index contributed by atoms with van der Waals surface area (Å²) in [5.41, 5.74) is 3.51. The topological polar surface area (TPSA) is 50.1 Å². The lowest BCUT2D eigenvalue weighted by atomic mass is 10.1. The van der Waals surface area contributed by atoms with Gasteiger partial charge in [-0.05, 0) is 36.4 Å². The van der Waals surface area contributed by atoms with Crippen molar-refractivity contribution in [3.63, 3.8) is 0 Å². The third kappa shape index (κ3) is 1.64. The molecule has 0 saturated carbocycles. The van der Waals surface area contributed by atoms with Gasteiger partial charge in [0.1, 0.15) is 16.7 Å². The molecule has 2 aromatic heterocycles. The number of fused-ring (bicyclic) bond motifs is 6. The molecule has 0 saturated heterocycles. The first-order chi connectivity index (χ1) is 11.2. The maximum Gasteiger partial charge on any atom is 0.153 e. The van der Waals surface area contributed by atoms with E-state index in [-0.39, 0.29) is 0 Å². The van der Waals surface area contributed by atoms with Crippen molar-refractivity contribution in [1.82, 2.24) is 0 Å². The van der Waals surface area contributed by atoms with Gasteiger partial charge in [-0.15, -0.1) is 0 Å². The van der Waals surface area contributed by atoms with Crippen molar-refractivity contribution in [2.45, 2.75) is 0 Å². The molecule has 0 bridgehead atoms. The summed E-state index contributed by atoms with van der Waals surface area (Å²) in [4.78, 5) is 0. The number of rotatable bonds is 0. The number of para-hydroxylation sites is 1. The van der Waals surface area contributed by atoms with Crippen molar-refractivity contribution in [3.05, 3.63) is 59.1 Å². The average Bonchev–Trinajstić information content (AvgIpc) is 3.10. The van der Waals surface area contributed by atoms with Crippen LogP contribution < -0.4 is 0 Å². The predicted octanol–water partition coefficient (Wildman–Crippen LogP) is 6.01. The Morgan fingerprint density at radius 3 is 2.35 bits per heavy atom. The summed E-state index contributed by atoms with van der Waals surface area (Å²) >= 11 is 6.21. The summed E-state index contributed by atoms with van der Waals surface area (Å²) in [6.07, 6.45) is 0. The van der Waals surface area contributed by atoms with Crippen LogP contribution in [0.15, 0.2) is 57.4 Å². The van der Waals surface area contributed by atoms with E-state index in [0.717, 1.165) is 32.7 Å². The van der Waals surface area contributed by atoms with E-state index in [2.05, 4.69) is 6.07 Å². The molecule has 0 atom stereocenters. The van der Waals surface area contributed by atoms with E-state index < -0.39 is 0 Å². The van der Waals surface area contributed by atoms with Gasteiger partial charge in [-0.3, -0.25) is 0 Å². The van der Waals surface area contributed by atoms with Crippen LogP contribution in [-0.4, -0.2) is 0 Å². The molecular weight excluding hydrogens is 310 g/mol. The standard InChI is InChI=1S/C19H8ClNO2/c20-15-3-1-2-12-14-8-17-13(7-18(14)23-19(12)15)11-5-4-10(9-21)6-16(11)22-17/h1-8H. The fraction of sp³-hybridized carbons (Fsp3) is 0. The lowest BCUT2D eigenvalue weighted by Crippen LogP contribution is -1.72. The first-order valence-corrected chi connectivity index (χ1v) is 7.49. The summed E-state index contributed by atoms with van der Waals surface area (Å²) in [6, 6.07) is 17.2. The molecule has 0 spiro atoms. The molecule has 3 nitrogen and oxygen atoms in total. The average molecular weight is 318 g/mol. The quantitative estimate of drug-likeness (QED) is 0.351. The van der Waals surface area contributed by atoms with Crippen molar-refractivity contribution in [2.75, 3.05) is 0 Å². The van der Waals surface area contributed by atoms with E-state index in [1.54, 1.807) is 12.1 Å². The van der Waals surface area contributed by atoms with Gasteiger partial charge in [0.25, 0.3) is 0 Å².